The molecule has 0 amide bonds. The van der Waals surface area contributed by atoms with Crippen molar-refractivity contribution in [2.45, 2.75) is 13.5 Å². The van der Waals surface area contributed by atoms with Crippen LogP contribution < -0.4 is 5.73 Å². The third-order valence-electron chi connectivity index (χ3n) is 3.38. The first-order chi connectivity index (χ1) is 8.66. The summed E-state index contributed by atoms with van der Waals surface area (Å²) in [5.41, 5.74) is 10.7. The molecular weight excluding hydrogens is 244 g/mol. The quantitative estimate of drug-likeness (QED) is 0.781. The van der Waals surface area contributed by atoms with Crippen molar-refractivity contribution in [2.75, 3.05) is 0 Å². The average Bonchev–Trinajstić information content (AvgIpc) is 2.71. The number of rotatable bonds is 1. The largest absolute Gasteiger partial charge is 0.286 e. The maximum Gasteiger partial charge on any atom is 0.280 e. The van der Waals surface area contributed by atoms with E-state index in [1.165, 1.54) is 5.56 Å². The molecule has 0 aliphatic carbocycles. The lowest BCUT2D eigenvalue weighted by Crippen LogP contribution is -2.20. The van der Waals surface area contributed by atoms with Gasteiger partial charge in [0, 0.05) is 16.7 Å². The van der Waals surface area contributed by atoms with Crippen LogP contribution in [-0.2, 0) is 6.54 Å². The van der Waals surface area contributed by atoms with Gasteiger partial charge in [0.2, 0.25) is 0 Å². The third kappa shape index (κ3) is 1.70. The second kappa shape index (κ2) is 4.14. The number of hydrogen-bond donors (Lipinski definition) is 1. The predicted octanol–water partition coefficient (Wildman–Crippen LogP) is 3.21. The minimum atomic E-state index is 0.774. The second-order valence-electron chi connectivity index (χ2n) is 4.56. The van der Waals surface area contributed by atoms with E-state index in [1.807, 2.05) is 31.2 Å². The fourth-order valence-electron chi connectivity index (χ4n) is 2.29. The molecule has 3 heteroatoms. The summed E-state index contributed by atoms with van der Waals surface area (Å²) in [7, 11) is 0. The van der Waals surface area contributed by atoms with Gasteiger partial charge in [-0.05, 0) is 24.6 Å². The highest BCUT2D eigenvalue weighted by atomic mass is 35.5. The fourth-order valence-corrected chi connectivity index (χ4v) is 2.46. The molecule has 18 heavy (non-hydrogen) atoms. The Morgan fingerprint density at radius 1 is 1.17 bits per heavy atom. The van der Waals surface area contributed by atoms with Gasteiger partial charge in [0.1, 0.15) is 12.2 Å². The molecule has 0 aromatic heterocycles. The van der Waals surface area contributed by atoms with Crippen LogP contribution in [0.15, 0.2) is 42.5 Å². The van der Waals surface area contributed by atoms with E-state index >= 15 is 0 Å². The van der Waals surface area contributed by atoms with Crippen LogP contribution in [0.3, 0.4) is 0 Å². The Morgan fingerprint density at radius 3 is 2.67 bits per heavy atom. The Labute approximate surface area is 111 Å². The van der Waals surface area contributed by atoms with Crippen molar-refractivity contribution < 1.29 is 4.58 Å². The van der Waals surface area contributed by atoms with E-state index in [9.17, 15) is 0 Å². The molecule has 1 aliphatic heterocycles. The van der Waals surface area contributed by atoms with Crippen molar-refractivity contribution in [3.05, 3.63) is 64.2 Å². The molecule has 1 aliphatic rings. The average molecular weight is 258 g/mol. The minimum Gasteiger partial charge on any atom is -0.286 e. The molecule has 0 atom stereocenters. The zero-order valence-corrected chi connectivity index (χ0v) is 10.9. The SMILES string of the molecule is Cc1ccc([N+]2=C(N)c3ccccc3C2)cc1Cl. The van der Waals surface area contributed by atoms with Crippen LogP contribution >= 0.6 is 11.6 Å². The number of hydrogen-bond acceptors (Lipinski definition) is 1. The smallest absolute Gasteiger partial charge is 0.280 e. The maximum absolute atomic E-state index is 6.21. The van der Waals surface area contributed by atoms with Crippen molar-refractivity contribution in [3.8, 4) is 0 Å². The molecule has 2 nitrogen and oxygen atoms in total. The van der Waals surface area contributed by atoms with Crippen LogP contribution in [-0.4, -0.2) is 10.4 Å². The van der Waals surface area contributed by atoms with E-state index in [0.29, 0.717) is 0 Å². The second-order valence-corrected chi connectivity index (χ2v) is 4.97. The van der Waals surface area contributed by atoms with Crippen LogP contribution in [0.1, 0.15) is 16.7 Å². The Morgan fingerprint density at radius 2 is 1.94 bits per heavy atom. The number of halogens is 1. The van der Waals surface area contributed by atoms with Gasteiger partial charge >= 0.3 is 0 Å². The maximum atomic E-state index is 6.21. The molecule has 90 valence electrons. The predicted molar refractivity (Wildman–Crippen MR) is 74.6 cm³/mol. The first-order valence-electron chi connectivity index (χ1n) is 5.91. The van der Waals surface area contributed by atoms with Crippen molar-refractivity contribution >= 4 is 23.1 Å². The Bertz CT molecular complexity index is 659. The van der Waals surface area contributed by atoms with E-state index in [-0.39, 0.29) is 0 Å². The molecule has 2 aromatic rings. The summed E-state index contributed by atoms with van der Waals surface area (Å²) in [6.07, 6.45) is 0. The summed E-state index contributed by atoms with van der Waals surface area (Å²) in [6, 6.07) is 14.3. The highest BCUT2D eigenvalue weighted by molar-refractivity contribution is 6.31. The number of aryl methyl sites for hydroxylation is 1. The van der Waals surface area contributed by atoms with Gasteiger partial charge in [0.25, 0.3) is 5.84 Å². The lowest BCUT2D eigenvalue weighted by atomic mass is 10.1. The van der Waals surface area contributed by atoms with Crippen molar-refractivity contribution in [2.24, 2.45) is 5.73 Å². The Kier molecular flexibility index (Phi) is 2.60. The normalized spacial score (nSPS) is 13.9. The number of amidine groups is 1. The molecular formula is C15H14ClN2+. The molecule has 0 spiro atoms. The molecule has 3 rings (SSSR count). The van der Waals surface area contributed by atoms with Crippen LogP contribution in [0.4, 0.5) is 5.69 Å². The van der Waals surface area contributed by atoms with Gasteiger partial charge < -0.3 is 0 Å². The van der Waals surface area contributed by atoms with E-state index in [4.69, 9.17) is 17.3 Å². The summed E-state index contributed by atoms with van der Waals surface area (Å²) in [5.74, 6) is 0.797. The van der Waals surface area contributed by atoms with Gasteiger partial charge in [-0.15, -0.1) is 0 Å². The summed E-state index contributed by atoms with van der Waals surface area (Å²) >= 11 is 6.17. The van der Waals surface area contributed by atoms with Gasteiger partial charge in [-0.25, -0.2) is 4.58 Å². The van der Waals surface area contributed by atoms with Crippen molar-refractivity contribution in [1.82, 2.24) is 0 Å². The molecule has 1 heterocycles. The number of fused-ring (bicyclic) bond motifs is 1. The van der Waals surface area contributed by atoms with Crippen LogP contribution in [0.2, 0.25) is 5.02 Å². The van der Waals surface area contributed by atoms with Gasteiger partial charge in [0.05, 0.1) is 5.56 Å². The molecule has 0 radical (unpaired) electrons. The van der Waals surface area contributed by atoms with Crippen molar-refractivity contribution in [3.63, 3.8) is 0 Å². The first kappa shape index (κ1) is 11.3. The topological polar surface area (TPSA) is 29.0 Å². The highest BCUT2D eigenvalue weighted by Crippen LogP contribution is 2.27. The van der Waals surface area contributed by atoms with E-state index in [2.05, 4.69) is 22.8 Å². The van der Waals surface area contributed by atoms with E-state index in [1.54, 1.807) is 0 Å². The summed E-state index contributed by atoms with van der Waals surface area (Å²) in [4.78, 5) is 0. The summed E-state index contributed by atoms with van der Waals surface area (Å²) in [6.45, 7) is 2.80. The number of nitrogens with zero attached hydrogens (tertiary/aromatic N) is 1. The van der Waals surface area contributed by atoms with Crippen LogP contribution in [0, 0.1) is 6.92 Å². The lowest BCUT2D eigenvalue weighted by Gasteiger charge is -2.04. The lowest BCUT2D eigenvalue weighted by molar-refractivity contribution is -0.453. The first-order valence-corrected chi connectivity index (χ1v) is 6.29. The zero-order chi connectivity index (χ0) is 12.7. The number of benzene rings is 2. The summed E-state index contributed by atoms with van der Waals surface area (Å²) in [5, 5.41) is 0.774. The Balaban J connectivity index is 2.10. The third-order valence-corrected chi connectivity index (χ3v) is 3.79. The van der Waals surface area contributed by atoms with Gasteiger partial charge in [-0.2, -0.15) is 0 Å². The van der Waals surface area contributed by atoms with E-state index in [0.717, 1.165) is 34.2 Å². The standard InChI is InChI=1S/C15H13ClN2/c1-10-6-7-12(8-14(10)16)18-9-11-4-2-3-5-13(11)15(18)17/h2-8,17H,9H2,1H3/p+1. The number of nitrogens with two attached hydrogens (primary N) is 1. The minimum absolute atomic E-state index is 0.774. The molecule has 0 saturated heterocycles. The van der Waals surface area contributed by atoms with Gasteiger partial charge in [-0.3, -0.25) is 5.73 Å². The molecule has 2 N–H and O–H groups in total. The fraction of sp³-hybridized carbons (Fsp3) is 0.133. The monoisotopic (exact) mass is 257 g/mol. The summed E-state index contributed by atoms with van der Waals surface area (Å²) < 4.78 is 2.09. The van der Waals surface area contributed by atoms with Crippen LogP contribution in [0.5, 0.6) is 0 Å². The van der Waals surface area contributed by atoms with Gasteiger partial charge in [0.15, 0.2) is 0 Å². The van der Waals surface area contributed by atoms with E-state index < -0.39 is 0 Å². The van der Waals surface area contributed by atoms with Crippen LogP contribution in [0.25, 0.3) is 0 Å². The Hall–Kier alpha value is -1.80. The zero-order valence-electron chi connectivity index (χ0n) is 10.2. The van der Waals surface area contributed by atoms with Gasteiger partial charge in [-0.1, -0.05) is 35.9 Å². The molecule has 0 unspecified atom stereocenters. The molecule has 2 aromatic carbocycles. The molecule has 0 bridgehead atoms. The molecule has 0 fully saturated rings. The van der Waals surface area contributed by atoms with Crippen molar-refractivity contribution in [1.29, 1.82) is 0 Å². The molecule has 0 saturated carbocycles. The highest BCUT2D eigenvalue weighted by Gasteiger charge is 2.25.